The third-order valence-corrected chi connectivity index (χ3v) is 5.54. The van der Waals surface area contributed by atoms with Crippen LogP contribution < -0.4 is 4.90 Å². The van der Waals surface area contributed by atoms with E-state index < -0.39 is 0 Å². The molecule has 0 spiro atoms. The molecular formula is C19H31N5O. The number of likely N-dealkylation sites (tertiary alicyclic amines) is 1. The smallest absolute Gasteiger partial charge is 0.274 e. The SMILES string of the molecule is CCC[C@H]1CN(c2cncc(C(=O)N3CCCCC3)n2)C[C@@H]1N(C)C. The van der Waals surface area contributed by atoms with Gasteiger partial charge in [0.1, 0.15) is 11.5 Å². The highest BCUT2D eigenvalue weighted by Crippen LogP contribution is 2.28. The van der Waals surface area contributed by atoms with Crippen molar-refractivity contribution >= 4 is 11.7 Å². The number of nitrogens with zero attached hydrogens (tertiary/aromatic N) is 5. The summed E-state index contributed by atoms with van der Waals surface area (Å²) in [6.07, 6.45) is 9.23. The van der Waals surface area contributed by atoms with Gasteiger partial charge < -0.3 is 14.7 Å². The molecule has 0 aliphatic carbocycles. The first-order valence-electron chi connectivity index (χ1n) is 9.63. The van der Waals surface area contributed by atoms with E-state index in [0.717, 1.165) is 44.8 Å². The number of carbonyl (C=O) groups is 1. The number of hydrogen-bond acceptors (Lipinski definition) is 5. The summed E-state index contributed by atoms with van der Waals surface area (Å²) < 4.78 is 0. The molecule has 2 atom stereocenters. The lowest BCUT2D eigenvalue weighted by atomic mass is 9.98. The lowest BCUT2D eigenvalue weighted by Crippen LogP contribution is -2.36. The maximum atomic E-state index is 12.7. The Morgan fingerprint density at radius 2 is 1.96 bits per heavy atom. The Labute approximate surface area is 151 Å². The molecule has 2 aliphatic heterocycles. The summed E-state index contributed by atoms with van der Waals surface area (Å²) in [5.74, 6) is 1.51. The summed E-state index contributed by atoms with van der Waals surface area (Å²) >= 11 is 0. The van der Waals surface area contributed by atoms with Crippen LogP contribution in [0.5, 0.6) is 0 Å². The molecule has 1 amide bonds. The third kappa shape index (κ3) is 4.11. The van der Waals surface area contributed by atoms with Crippen LogP contribution in [0.2, 0.25) is 0 Å². The van der Waals surface area contributed by atoms with Gasteiger partial charge in [0.25, 0.3) is 5.91 Å². The molecule has 138 valence electrons. The average molecular weight is 345 g/mol. The quantitative estimate of drug-likeness (QED) is 0.819. The van der Waals surface area contributed by atoms with Gasteiger partial charge in [0, 0.05) is 32.2 Å². The molecule has 0 aromatic carbocycles. The second-order valence-electron chi connectivity index (χ2n) is 7.60. The zero-order valence-electron chi connectivity index (χ0n) is 15.8. The van der Waals surface area contributed by atoms with Gasteiger partial charge in [-0.05, 0) is 45.7 Å². The number of aromatic nitrogens is 2. The van der Waals surface area contributed by atoms with Gasteiger partial charge in [-0.3, -0.25) is 9.78 Å². The Morgan fingerprint density at radius 3 is 2.64 bits per heavy atom. The fraction of sp³-hybridized carbons (Fsp3) is 0.737. The van der Waals surface area contributed by atoms with E-state index >= 15 is 0 Å². The van der Waals surface area contributed by atoms with E-state index in [1.807, 2.05) is 4.90 Å². The maximum Gasteiger partial charge on any atom is 0.274 e. The first kappa shape index (κ1) is 18.1. The van der Waals surface area contributed by atoms with Crippen molar-refractivity contribution < 1.29 is 4.79 Å². The monoisotopic (exact) mass is 345 g/mol. The molecule has 1 aromatic heterocycles. The molecule has 25 heavy (non-hydrogen) atoms. The summed E-state index contributed by atoms with van der Waals surface area (Å²) in [6.45, 7) is 5.87. The van der Waals surface area contributed by atoms with Gasteiger partial charge in [-0.2, -0.15) is 0 Å². The van der Waals surface area contributed by atoms with Crippen LogP contribution in [0.4, 0.5) is 5.82 Å². The number of amides is 1. The van der Waals surface area contributed by atoms with Crippen LogP contribution in [0, 0.1) is 5.92 Å². The van der Waals surface area contributed by atoms with Gasteiger partial charge >= 0.3 is 0 Å². The molecular weight excluding hydrogens is 314 g/mol. The van der Waals surface area contributed by atoms with Gasteiger partial charge in [-0.15, -0.1) is 0 Å². The van der Waals surface area contributed by atoms with Crippen LogP contribution in [0.15, 0.2) is 12.4 Å². The number of likely N-dealkylation sites (N-methyl/N-ethyl adjacent to an activating group) is 1. The maximum absolute atomic E-state index is 12.7. The molecule has 3 heterocycles. The van der Waals surface area contributed by atoms with Crippen LogP contribution in [0.1, 0.15) is 49.5 Å². The van der Waals surface area contributed by atoms with E-state index in [-0.39, 0.29) is 5.91 Å². The van der Waals surface area contributed by atoms with E-state index in [2.05, 4.69) is 40.8 Å². The molecule has 1 aromatic rings. The van der Waals surface area contributed by atoms with Crippen LogP contribution in [-0.2, 0) is 0 Å². The summed E-state index contributed by atoms with van der Waals surface area (Å²) in [5, 5.41) is 0. The van der Waals surface area contributed by atoms with Crippen molar-refractivity contribution in [2.24, 2.45) is 5.92 Å². The fourth-order valence-electron chi connectivity index (χ4n) is 4.15. The van der Waals surface area contributed by atoms with Crippen molar-refractivity contribution in [3.8, 4) is 0 Å². The van der Waals surface area contributed by atoms with Crippen LogP contribution in [0.3, 0.4) is 0 Å². The Bertz CT molecular complexity index is 585. The van der Waals surface area contributed by atoms with Crippen molar-refractivity contribution in [3.05, 3.63) is 18.1 Å². The normalized spacial score (nSPS) is 24.2. The van der Waals surface area contributed by atoms with E-state index in [9.17, 15) is 4.79 Å². The van der Waals surface area contributed by atoms with Crippen molar-refractivity contribution in [1.82, 2.24) is 19.8 Å². The Hall–Kier alpha value is -1.69. The molecule has 0 radical (unpaired) electrons. The molecule has 0 bridgehead atoms. The second kappa shape index (κ2) is 8.13. The zero-order chi connectivity index (χ0) is 17.8. The van der Waals surface area contributed by atoms with Gasteiger partial charge in [-0.1, -0.05) is 13.3 Å². The van der Waals surface area contributed by atoms with E-state index in [0.29, 0.717) is 17.7 Å². The first-order valence-corrected chi connectivity index (χ1v) is 9.63. The number of piperidine rings is 1. The molecule has 0 saturated carbocycles. The topological polar surface area (TPSA) is 52.6 Å². The van der Waals surface area contributed by atoms with Crippen LogP contribution in [0.25, 0.3) is 0 Å². The molecule has 6 heteroatoms. The summed E-state index contributed by atoms with van der Waals surface area (Å²) in [4.78, 5) is 28.2. The van der Waals surface area contributed by atoms with Crippen molar-refractivity contribution in [2.45, 2.75) is 45.1 Å². The largest absolute Gasteiger partial charge is 0.353 e. The minimum absolute atomic E-state index is 0.0301. The van der Waals surface area contributed by atoms with Crippen LogP contribution in [-0.4, -0.2) is 72.0 Å². The fourth-order valence-corrected chi connectivity index (χ4v) is 4.15. The Kier molecular flexibility index (Phi) is 5.89. The summed E-state index contributed by atoms with van der Waals surface area (Å²) in [6, 6.07) is 0.531. The Balaban J connectivity index is 1.74. The lowest BCUT2D eigenvalue weighted by molar-refractivity contribution is 0.0718. The van der Waals surface area contributed by atoms with Gasteiger partial charge in [0.2, 0.25) is 0 Å². The lowest BCUT2D eigenvalue weighted by Gasteiger charge is -2.26. The minimum atomic E-state index is 0.0301. The standard InChI is InChI=1S/C19H31N5O/c1-4-8-15-13-24(14-17(15)22(2)3)18-12-20-11-16(21-18)19(25)23-9-6-5-7-10-23/h11-12,15,17H,4-10,13-14H2,1-3H3/t15-,17-/m0/s1. The highest BCUT2D eigenvalue weighted by Gasteiger charge is 2.34. The molecule has 2 fully saturated rings. The molecule has 6 nitrogen and oxygen atoms in total. The average Bonchev–Trinajstić information content (AvgIpc) is 3.07. The van der Waals surface area contributed by atoms with E-state index in [4.69, 9.17) is 0 Å². The zero-order valence-corrected chi connectivity index (χ0v) is 15.8. The molecule has 3 rings (SSSR count). The predicted molar refractivity (Wildman–Crippen MR) is 99.9 cm³/mol. The van der Waals surface area contributed by atoms with Gasteiger partial charge in [-0.25, -0.2) is 4.98 Å². The van der Waals surface area contributed by atoms with E-state index in [1.54, 1.807) is 12.4 Å². The third-order valence-electron chi connectivity index (χ3n) is 5.54. The highest BCUT2D eigenvalue weighted by atomic mass is 16.2. The Morgan fingerprint density at radius 1 is 1.20 bits per heavy atom. The molecule has 0 N–H and O–H groups in total. The molecule has 2 saturated heterocycles. The second-order valence-corrected chi connectivity index (χ2v) is 7.60. The number of hydrogen-bond donors (Lipinski definition) is 0. The molecule has 0 unspecified atom stereocenters. The summed E-state index contributed by atoms with van der Waals surface area (Å²) in [7, 11) is 4.30. The van der Waals surface area contributed by atoms with Gasteiger partial charge in [0.05, 0.1) is 12.4 Å². The predicted octanol–water partition coefficient (Wildman–Crippen LogP) is 2.27. The van der Waals surface area contributed by atoms with Crippen LogP contribution >= 0.6 is 0 Å². The van der Waals surface area contributed by atoms with Crippen molar-refractivity contribution in [3.63, 3.8) is 0 Å². The number of anilines is 1. The first-order chi connectivity index (χ1) is 12.1. The van der Waals surface area contributed by atoms with Crippen molar-refractivity contribution in [2.75, 3.05) is 45.2 Å². The minimum Gasteiger partial charge on any atom is -0.353 e. The highest BCUT2D eigenvalue weighted by molar-refractivity contribution is 5.92. The molecule has 2 aliphatic rings. The summed E-state index contributed by atoms with van der Waals surface area (Å²) in [5.41, 5.74) is 0.486. The van der Waals surface area contributed by atoms with Gasteiger partial charge in [0.15, 0.2) is 0 Å². The number of carbonyl (C=O) groups excluding carboxylic acids is 1. The number of rotatable bonds is 5. The van der Waals surface area contributed by atoms with E-state index in [1.165, 1.54) is 19.3 Å². The van der Waals surface area contributed by atoms with Crippen molar-refractivity contribution in [1.29, 1.82) is 0 Å².